The highest BCUT2D eigenvalue weighted by molar-refractivity contribution is 7.11. The molecular formula is C13H19F3N2S. The third-order valence-electron chi connectivity index (χ3n) is 3.29. The van der Waals surface area contributed by atoms with E-state index in [-0.39, 0.29) is 16.5 Å². The molecule has 0 fully saturated rings. The number of alkyl halides is 3. The van der Waals surface area contributed by atoms with Crippen molar-refractivity contribution in [2.24, 2.45) is 5.41 Å². The number of nitrogens with one attached hydrogen (secondary N) is 1. The van der Waals surface area contributed by atoms with Gasteiger partial charge in [-0.15, -0.1) is 11.3 Å². The molecule has 0 aromatic carbocycles. The maximum absolute atomic E-state index is 12.5. The van der Waals surface area contributed by atoms with Crippen LogP contribution in [0.5, 0.6) is 0 Å². The van der Waals surface area contributed by atoms with Gasteiger partial charge in [0.25, 0.3) is 0 Å². The van der Waals surface area contributed by atoms with Gasteiger partial charge in [0.1, 0.15) is 5.01 Å². The van der Waals surface area contributed by atoms with Crippen LogP contribution >= 0.6 is 11.3 Å². The minimum absolute atomic E-state index is 0.0867. The van der Waals surface area contributed by atoms with E-state index in [0.717, 1.165) is 30.0 Å². The molecule has 0 saturated carbocycles. The van der Waals surface area contributed by atoms with E-state index in [2.05, 4.69) is 24.1 Å². The van der Waals surface area contributed by atoms with Gasteiger partial charge in [-0.1, -0.05) is 20.8 Å². The molecule has 0 spiro atoms. The molecule has 1 aromatic heterocycles. The van der Waals surface area contributed by atoms with Gasteiger partial charge in [-0.05, 0) is 24.8 Å². The molecule has 1 N–H and O–H groups in total. The normalized spacial score (nSPS) is 22.3. The molecule has 0 aliphatic heterocycles. The van der Waals surface area contributed by atoms with Crippen molar-refractivity contribution in [2.45, 2.75) is 52.3 Å². The van der Waals surface area contributed by atoms with E-state index in [0.29, 0.717) is 0 Å². The van der Waals surface area contributed by atoms with Crippen LogP contribution in [0.25, 0.3) is 0 Å². The summed E-state index contributed by atoms with van der Waals surface area (Å²) in [6.07, 6.45) is -3.38. The van der Waals surface area contributed by atoms with Crippen molar-refractivity contribution in [3.8, 4) is 0 Å². The van der Waals surface area contributed by atoms with Gasteiger partial charge < -0.3 is 5.32 Å². The highest BCUT2D eigenvalue weighted by atomic mass is 32.1. The maximum Gasteiger partial charge on any atom is 0.395 e. The summed E-state index contributed by atoms with van der Waals surface area (Å²) in [4.78, 5) is 5.22. The third kappa shape index (κ3) is 3.69. The number of halogens is 3. The fourth-order valence-electron chi connectivity index (χ4n) is 2.64. The second-order valence-electron chi connectivity index (χ2n) is 5.87. The molecule has 0 amide bonds. The number of rotatable bonds is 3. The van der Waals surface area contributed by atoms with E-state index >= 15 is 0 Å². The third-order valence-corrected chi connectivity index (χ3v) is 4.50. The summed E-state index contributed by atoms with van der Waals surface area (Å²) in [7, 11) is 0. The van der Waals surface area contributed by atoms with Crippen molar-refractivity contribution in [3.05, 3.63) is 15.6 Å². The summed E-state index contributed by atoms with van der Waals surface area (Å²) < 4.78 is 37.4. The number of hydrogen-bond donors (Lipinski definition) is 1. The fourth-order valence-corrected chi connectivity index (χ4v) is 3.83. The Morgan fingerprint density at radius 2 is 2.11 bits per heavy atom. The molecule has 0 bridgehead atoms. The van der Waals surface area contributed by atoms with Crippen molar-refractivity contribution in [2.75, 3.05) is 6.54 Å². The lowest BCUT2D eigenvalue weighted by molar-refractivity contribution is -0.127. The van der Waals surface area contributed by atoms with Crippen LogP contribution in [0.1, 0.15) is 48.8 Å². The second-order valence-corrected chi connectivity index (χ2v) is 6.98. The average Bonchev–Trinajstić information content (AvgIpc) is 2.55. The SMILES string of the molecule is CCNC1CC(C)(C)Cc2nc(CC(F)(F)F)sc21. The zero-order chi connectivity index (χ0) is 14.3. The van der Waals surface area contributed by atoms with Crippen molar-refractivity contribution in [1.29, 1.82) is 0 Å². The van der Waals surface area contributed by atoms with E-state index in [9.17, 15) is 13.2 Å². The molecule has 0 saturated heterocycles. The first-order chi connectivity index (χ1) is 8.70. The maximum atomic E-state index is 12.5. The van der Waals surface area contributed by atoms with Crippen molar-refractivity contribution < 1.29 is 13.2 Å². The molecule has 1 aromatic rings. The Balaban J connectivity index is 2.28. The number of hydrogen-bond acceptors (Lipinski definition) is 3. The molecule has 6 heteroatoms. The van der Waals surface area contributed by atoms with Crippen LogP contribution in [0.4, 0.5) is 13.2 Å². The highest BCUT2D eigenvalue weighted by Crippen LogP contribution is 2.43. The van der Waals surface area contributed by atoms with E-state index in [1.807, 2.05) is 6.92 Å². The van der Waals surface area contributed by atoms with Crippen LogP contribution in [-0.4, -0.2) is 17.7 Å². The van der Waals surface area contributed by atoms with Crippen LogP contribution in [0.3, 0.4) is 0 Å². The lowest BCUT2D eigenvalue weighted by Crippen LogP contribution is -2.32. The van der Waals surface area contributed by atoms with E-state index in [1.54, 1.807) is 0 Å². The number of fused-ring (bicyclic) bond motifs is 1. The number of thiazole rings is 1. The molecule has 19 heavy (non-hydrogen) atoms. The molecule has 2 nitrogen and oxygen atoms in total. The molecule has 1 aliphatic carbocycles. The van der Waals surface area contributed by atoms with E-state index < -0.39 is 12.6 Å². The molecule has 1 atom stereocenters. The Labute approximate surface area is 115 Å². The largest absolute Gasteiger partial charge is 0.395 e. The summed E-state index contributed by atoms with van der Waals surface area (Å²) in [5.41, 5.74) is 0.940. The molecule has 0 radical (unpaired) electrons. The van der Waals surface area contributed by atoms with Crippen molar-refractivity contribution in [1.82, 2.24) is 10.3 Å². The summed E-state index contributed by atoms with van der Waals surface area (Å²) in [5.74, 6) is 0. The predicted molar refractivity (Wildman–Crippen MR) is 70.4 cm³/mol. The molecule has 1 unspecified atom stereocenters. The fraction of sp³-hybridized carbons (Fsp3) is 0.769. The second kappa shape index (κ2) is 5.05. The van der Waals surface area contributed by atoms with Gasteiger partial charge in [-0.3, -0.25) is 0 Å². The summed E-state index contributed by atoms with van der Waals surface area (Å²) >= 11 is 1.22. The number of aromatic nitrogens is 1. The quantitative estimate of drug-likeness (QED) is 0.914. The first-order valence-corrected chi connectivity index (χ1v) is 7.30. The van der Waals surface area contributed by atoms with Gasteiger partial charge in [-0.25, -0.2) is 4.98 Å². The zero-order valence-electron chi connectivity index (χ0n) is 11.4. The van der Waals surface area contributed by atoms with Gasteiger partial charge in [0.15, 0.2) is 0 Å². The molecule has 1 aliphatic rings. The first kappa shape index (κ1) is 14.8. The average molecular weight is 292 g/mol. The predicted octanol–water partition coefficient (Wildman–Crippen LogP) is 3.87. The zero-order valence-corrected chi connectivity index (χ0v) is 12.2. The number of nitrogens with zero attached hydrogens (tertiary/aromatic N) is 1. The highest BCUT2D eigenvalue weighted by Gasteiger charge is 2.36. The minimum atomic E-state index is -4.18. The Hall–Kier alpha value is -0.620. The van der Waals surface area contributed by atoms with Gasteiger partial charge in [-0.2, -0.15) is 13.2 Å². The Kier molecular flexibility index (Phi) is 3.93. The topological polar surface area (TPSA) is 24.9 Å². The first-order valence-electron chi connectivity index (χ1n) is 6.49. The van der Waals surface area contributed by atoms with Crippen LogP contribution in [0, 0.1) is 5.41 Å². The van der Waals surface area contributed by atoms with Gasteiger partial charge >= 0.3 is 6.18 Å². The van der Waals surface area contributed by atoms with E-state index in [4.69, 9.17) is 0 Å². The summed E-state index contributed by atoms with van der Waals surface area (Å²) in [6.45, 7) is 7.11. The smallest absolute Gasteiger partial charge is 0.309 e. The Morgan fingerprint density at radius 1 is 1.42 bits per heavy atom. The lowest BCUT2D eigenvalue weighted by Gasteiger charge is -2.34. The van der Waals surface area contributed by atoms with Crippen LogP contribution in [-0.2, 0) is 12.8 Å². The minimum Gasteiger partial charge on any atom is -0.309 e. The van der Waals surface area contributed by atoms with Crippen LogP contribution in [0.2, 0.25) is 0 Å². The molecule has 2 rings (SSSR count). The van der Waals surface area contributed by atoms with Gasteiger partial charge in [0.2, 0.25) is 0 Å². The summed E-state index contributed by atoms with van der Waals surface area (Å²) in [6, 6.07) is 0.142. The molecule has 1 heterocycles. The van der Waals surface area contributed by atoms with Crippen molar-refractivity contribution in [3.63, 3.8) is 0 Å². The molecule has 108 valence electrons. The van der Waals surface area contributed by atoms with Crippen LogP contribution in [0.15, 0.2) is 0 Å². The van der Waals surface area contributed by atoms with E-state index in [1.165, 1.54) is 11.3 Å². The van der Waals surface area contributed by atoms with Crippen molar-refractivity contribution >= 4 is 11.3 Å². The molecular weight excluding hydrogens is 273 g/mol. The van der Waals surface area contributed by atoms with Gasteiger partial charge in [0.05, 0.1) is 12.1 Å². The Morgan fingerprint density at radius 3 is 2.68 bits per heavy atom. The standard InChI is InChI=1S/C13H19F3N2S/c1-4-17-8-5-12(2,3)6-9-11(8)19-10(18-9)7-13(14,15)16/h8,17H,4-7H2,1-3H3. The van der Waals surface area contributed by atoms with Crippen LogP contribution < -0.4 is 5.32 Å². The lowest BCUT2D eigenvalue weighted by atomic mass is 9.76. The Bertz CT molecular complexity index is 451. The monoisotopic (exact) mass is 292 g/mol. The van der Waals surface area contributed by atoms with Gasteiger partial charge in [0, 0.05) is 10.9 Å². The summed E-state index contributed by atoms with van der Waals surface area (Å²) in [5, 5.41) is 3.55.